The van der Waals surface area contributed by atoms with Gasteiger partial charge in [-0.3, -0.25) is 4.79 Å². The molecule has 0 radical (unpaired) electrons. The van der Waals surface area contributed by atoms with E-state index in [-0.39, 0.29) is 5.91 Å². The van der Waals surface area contributed by atoms with Crippen LogP contribution < -0.4 is 11.1 Å². The molecule has 1 aromatic rings. The number of hydrogen-bond acceptors (Lipinski definition) is 3. The Hall–Kier alpha value is -1.07. The molecule has 1 aliphatic heterocycles. The molecule has 4 nitrogen and oxygen atoms in total. The van der Waals surface area contributed by atoms with Crippen LogP contribution in [0.4, 0.5) is 5.69 Å². The number of likely N-dealkylation sites (tertiary alicyclic amines) is 1. The lowest BCUT2D eigenvalue weighted by atomic mass is 9.89. The highest BCUT2D eigenvalue weighted by atomic mass is 79.9. The Balaban J connectivity index is 2.15. The highest BCUT2D eigenvalue weighted by molar-refractivity contribution is 9.10. The van der Waals surface area contributed by atoms with E-state index in [1.54, 1.807) is 0 Å². The van der Waals surface area contributed by atoms with Crippen molar-refractivity contribution in [3.8, 4) is 0 Å². The Morgan fingerprint density at radius 1 is 1.43 bits per heavy atom. The van der Waals surface area contributed by atoms with Crippen molar-refractivity contribution >= 4 is 27.5 Å². The molecule has 3 N–H and O–H groups in total. The zero-order chi connectivity index (χ0) is 15.3. The molecule has 1 saturated heterocycles. The smallest absolute Gasteiger partial charge is 0.243 e. The van der Waals surface area contributed by atoms with Crippen LogP contribution in [0.3, 0.4) is 0 Å². The number of nitrogens with two attached hydrogens (primary N) is 1. The fourth-order valence-electron chi connectivity index (χ4n) is 3.01. The predicted octanol–water partition coefficient (Wildman–Crippen LogP) is 2.98. The van der Waals surface area contributed by atoms with Gasteiger partial charge in [-0.1, -0.05) is 28.9 Å². The van der Waals surface area contributed by atoms with Gasteiger partial charge in [0.05, 0.1) is 0 Å². The van der Waals surface area contributed by atoms with Crippen molar-refractivity contribution in [2.24, 2.45) is 5.73 Å². The van der Waals surface area contributed by atoms with Gasteiger partial charge in [-0.05, 0) is 57.0 Å². The van der Waals surface area contributed by atoms with Crippen molar-refractivity contribution in [2.45, 2.75) is 38.1 Å². The Bertz CT molecular complexity index is 494. The van der Waals surface area contributed by atoms with E-state index in [1.807, 2.05) is 24.3 Å². The monoisotopic (exact) mass is 353 g/mol. The lowest BCUT2D eigenvalue weighted by molar-refractivity contribution is -0.122. The van der Waals surface area contributed by atoms with E-state index < -0.39 is 5.54 Å². The molecule has 1 atom stereocenters. The van der Waals surface area contributed by atoms with Gasteiger partial charge < -0.3 is 16.0 Å². The van der Waals surface area contributed by atoms with Crippen molar-refractivity contribution < 1.29 is 4.79 Å². The lowest BCUT2D eigenvalue weighted by Gasteiger charge is -2.32. The van der Waals surface area contributed by atoms with Gasteiger partial charge in [0.1, 0.15) is 5.54 Å². The molecule has 21 heavy (non-hydrogen) atoms. The minimum absolute atomic E-state index is 0.249. The van der Waals surface area contributed by atoms with Gasteiger partial charge in [-0.2, -0.15) is 0 Å². The van der Waals surface area contributed by atoms with E-state index in [4.69, 9.17) is 5.73 Å². The minimum atomic E-state index is -0.636. The summed E-state index contributed by atoms with van der Waals surface area (Å²) in [6, 6.07) is 7.89. The third-order valence-electron chi connectivity index (χ3n) is 4.15. The number of nitrogens with zero attached hydrogens (tertiary/aromatic N) is 1. The number of carbonyl (C=O) groups excluding carboxylic acids is 1. The summed E-state index contributed by atoms with van der Waals surface area (Å²) >= 11 is 3.46. The van der Waals surface area contributed by atoms with Crippen molar-refractivity contribution in [2.75, 3.05) is 25.0 Å². The molecular formula is C16H24BrN3O. The topological polar surface area (TPSA) is 58.4 Å². The fraction of sp³-hybridized carbons (Fsp3) is 0.562. The quantitative estimate of drug-likeness (QED) is 0.855. The van der Waals surface area contributed by atoms with Crippen LogP contribution in [0.25, 0.3) is 0 Å². The number of anilines is 1. The first-order valence-electron chi connectivity index (χ1n) is 7.62. The van der Waals surface area contributed by atoms with Crippen LogP contribution >= 0.6 is 15.9 Å². The minimum Gasteiger partial charge on any atom is -0.371 e. The van der Waals surface area contributed by atoms with Crippen LogP contribution in [0.15, 0.2) is 28.7 Å². The average Bonchev–Trinajstić information content (AvgIpc) is 2.63. The number of nitrogens with one attached hydrogen (secondary N) is 1. The van der Waals surface area contributed by atoms with Crippen LogP contribution in [-0.4, -0.2) is 36.0 Å². The van der Waals surface area contributed by atoms with E-state index in [0.717, 1.165) is 55.5 Å². The molecule has 2 rings (SSSR count). The summed E-state index contributed by atoms with van der Waals surface area (Å²) in [7, 11) is 0. The predicted molar refractivity (Wildman–Crippen MR) is 90.3 cm³/mol. The largest absolute Gasteiger partial charge is 0.371 e. The van der Waals surface area contributed by atoms with E-state index in [0.29, 0.717) is 0 Å². The molecule has 5 heteroatoms. The third-order valence-corrected chi connectivity index (χ3v) is 4.65. The summed E-state index contributed by atoms with van der Waals surface area (Å²) in [6.45, 7) is 5.23. The molecule has 0 spiro atoms. The lowest BCUT2D eigenvalue weighted by Crippen LogP contribution is -2.51. The van der Waals surface area contributed by atoms with Crippen molar-refractivity contribution in [3.63, 3.8) is 0 Å². The van der Waals surface area contributed by atoms with E-state index >= 15 is 0 Å². The first-order chi connectivity index (χ1) is 10.1. The van der Waals surface area contributed by atoms with Crippen molar-refractivity contribution in [3.05, 3.63) is 28.7 Å². The molecule has 1 aromatic carbocycles. The summed E-state index contributed by atoms with van der Waals surface area (Å²) in [5, 5.41) is 3.41. The Morgan fingerprint density at radius 3 is 2.90 bits per heavy atom. The average molecular weight is 354 g/mol. The molecule has 1 amide bonds. The zero-order valence-corrected chi connectivity index (χ0v) is 14.2. The number of primary amides is 1. The van der Waals surface area contributed by atoms with Crippen LogP contribution in [0.5, 0.6) is 0 Å². The SMILES string of the molecule is CCCN1CCCC(Nc2cccc(Br)c2)(C(N)=O)CC1. The molecule has 0 saturated carbocycles. The van der Waals surface area contributed by atoms with Gasteiger partial charge in [0.15, 0.2) is 0 Å². The van der Waals surface area contributed by atoms with Crippen LogP contribution in [-0.2, 0) is 4.79 Å². The van der Waals surface area contributed by atoms with Crippen LogP contribution in [0, 0.1) is 0 Å². The van der Waals surface area contributed by atoms with Crippen molar-refractivity contribution in [1.82, 2.24) is 4.90 Å². The Morgan fingerprint density at radius 2 is 2.24 bits per heavy atom. The Labute approximate surface area is 135 Å². The summed E-state index contributed by atoms with van der Waals surface area (Å²) in [5.74, 6) is -0.249. The van der Waals surface area contributed by atoms with E-state index in [2.05, 4.69) is 33.1 Å². The van der Waals surface area contributed by atoms with Gasteiger partial charge >= 0.3 is 0 Å². The highest BCUT2D eigenvalue weighted by Gasteiger charge is 2.38. The zero-order valence-electron chi connectivity index (χ0n) is 12.6. The summed E-state index contributed by atoms with van der Waals surface area (Å²) in [4.78, 5) is 14.5. The number of hydrogen-bond donors (Lipinski definition) is 2. The maximum atomic E-state index is 12.1. The molecule has 0 aliphatic carbocycles. The summed E-state index contributed by atoms with van der Waals surface area (Å²) < 4.78 is 0.994. The highest BCUT2D eigenvalue weighted by Crippen LogP contribution is 2.28. The van der Waals surface area contributed by atoms with Gasteiger partial charge in [-0.25, -0.2) is 0 Å². The van der Waals surface area contributed by atoms with Crippen molar-refractivity contribution in [1.29, 1.82) is 0 Å². The standard InChI is InChI=1S/C16H24BrN3O/c1-2-9-20-10-4-7-16(8-11-20,15(18)21)19-14-6-3-5-13(17)12-14/h3,5-6,12,19H,2,4,7-11H2,1H3,(H2,18,21). The first kappa shape index (κ1) is 16.3. The van der Waals surface area contributed by atoms with Gasteiger partial charge in [-0.15, -0.1) is 0 Å². The van der Waals surface area contributed by atoms with Crippen LogP contribution in [0.2, 0.25) is 0 Å². The second-order valence-electron chi connectivity index (χ2n) is 5.78. The molecule has 116 valence electrons. The third kappa shape index (κ3) is 4.20. The van der Waals surface area contributed by atoms with E-state index in [1.165, 1.54) is 0 Å². The fourth-order valence-corrected chi connectivity index (χ4v) is 3.40. The van der Waals surface area contributed by atoms with Gasteiger partial charge in [0.25, 0.3) is 0 Å². The Kier molecular flexibility index (Phi) is 5.65. The molecule has 0 aromatic heterocycles. The van der Waals surface area contributed by atoms with Crippen LogP contribution in [0.1, 0.15) is 32.6 Å². The van der Waals surface area contributed by atoms with Gasteiger partial charge in [0, 0.05) is 16.7 Å². The molecule has 1 heterocycles. The summed E-state index contributed by atoms with van der Waals surface area (Å²) in [6.07, 6.45) is 3.68. The number of amides is 1. The second kappa shape index (κ2) is 7.27. The second-order valence-corrected chi connectivity index (χ2v) is 6.69. The molecule has 1 unspecified atom stereocenters. The number of halogens is 1. The normalized spacial score (nSPS) is 23.5. The maximum absolute atomic E-state index is 12.1. The maximum Gasteiger partial charge on any atom is 0.243 e. The van der Waals surface area contributed by atoms with Gasteiger partial charge in [0.2, 0.25) is 5.91 Å². The molecule has 1 fully saturated rings. The number of rotatable bonds is 5. The van der Waals surface area contributed by atoms with E-state index in [9.17, 15) is 4.79 Å². The molecule has 0 bridgehead atoms. The summed E-state index contributed by atoms with van der Waals surface area (Å²) in [5.41, 5.74) is 6.05. The molecular weight excluding hydrogens is 330 g/mol. The molecule has 1 aliphatic rings. The first-order valence-corrected chi connectivity index (χ1v) is 8.41. The number of carbonyl (C=O) groups is 1. The number of benzene rings is 1.